The van der Waals surface area contributed by atoms with Crippen LogP contribution in [0.2, 0.25) is 0 Å². The molecule has 0 saturated carbocycles. The van der Waals surface area contributed by atoms with Gasteiger partial charge in [-0.15, -0.1) is 0 Å². The zero-order valence-corrected chi connectivity index (χ0v) is 12.4. The van der Waals surface area contributed by atoms with Crippen LogP contribution < -0.4 is 10.1 Å². The van der Waals surface area contributed by atoms with Crippen molar-refractivity contribution in [3.63, 3.8) is 0 Å². The largest absolute Gasteiger partial charge is 0.490 e. The zero-order chi connectivity index (χ0) is 14.4. The van der Waals surface area contributed by atoms with Gasteiger partial charge in [-0.3, -0.25) is 0 Å². The molecule has 4 nitrogen and oxygen atoms in total. The van der Waals surface area contributed by atoms with E-state index in [1.807, 2.05) is 6.92 Å². The van der Waals surface area contributed by atoms with Gasteiger partial charge in [-0.2, -0.15) is 0 Å². The summed E-state index contributed by atoms with van der Waals surface area (Å²) >= 11 is 3.17. The maximum absolute atomic E-state index is 13.5. The molecule has 0 aliphatic heterocycles. The fourth-order valence-electron chi connectivity index (χ4n) is 1.77. The van der Waals surface area contributed by atoms with Crippen molar-refractivity contribution in [3.05, 3.63) is 28.5 Å². The molecule has 0 aliphatic rings. The number of benzene rings is 1. The summed E-state index contributed by atoms with van der Waals surface area (Å²) in [6, 6.07) is 4.45. The Morgan fingerprint density at radius 3 is 2.79 bits per heavy atom. The van der Waals surface area contributed by atoms with Crippen LogP contribution in [0.15, 0.2) is 22.7 Å². The molecule has 0 saturated heterocycles. The molecule has 0 fully saturated rings. The molecule has 106 valence electrons. The van der Waals surface area contributed by atoms with E-state index in [4.69, 9.17) is 9.84 Å². The van der Waals surface area contributed by atoms with Gasteiger partial charge in [0.2, 0.25) is 0 Å². The van der Waals surface area contributed by atoms with E-state index >= 15 is 0 Å². The quantitative estimate of drug-likeness (QED) is 0.835. The Balaban J connectivity index is 2.41. The third-order valence-electron chi connectivity index (χ3n) is 2.54. The number of hydrogen-bond acceptors (Lipinski definition) is 2. The molecule has 19 heavy (non-hydrogen) atoms. The molecule has 1 rings (SSSR count). The molecule has 0 heterocycles. The lowest BCUT2D eigenvalue weighted by molar-refractivity contribution is 0.185. The number of hydrogen-bond donors (Lipinski definition) is 2. The first-order valence-electron chi connectivity index (χ1n) is 5.95. The van der Waals surface area contributed by atoms with E-state index in [0.717, 1.165) is 0 Å². The fourth-order valence-corrected chi connectivity index (χ4v) is 2.10. The van der Waals surface area contributed by atoms with Crippen molar-refractivity contribution >= 4 is 22.0 Å². The maximum Gasteiger partial charge on any atom is 0.404 e. The van der Waals surface area contributed by atoms with Crippen molar-refractivity contribution < 1.29 is 19.0 Å². The van der Waals surface area contributed by atoms with Crippen LogP contribution in [0.4, 0.5) is 9.18 Å². The minimum absolute atomic E-state index is 0.116. The highest BCUT2D eigenvalue weighted by atomic mass is 79.9. The molecular weight excluding hydrogens is 317 g/mol. The zero-order valence-electron chi connectivity index (χ0n) is 10.8. The third kappa shape index (κ3) is 5.92. The molecule has 0 bridgehead atoms. The molecule has 0 spiro atoms. The van der Waals surface area contributed by atoms with Gasteiger partial charge in [-0.1, -0.05) is 22.9 Å². The molecule has 0 radical (unpaired) electrons. The predicted molar refractivity (Wildman–Crippen MR) is 74.0 cm³/mol. The Hall–Kier alpha value is -1.30. The molecule has 2 N–H and O–H groups in total. The van der Waals surface area contributed by atoms with Gasteiger partial charge in [0.25, 0.3) is 0 Å². The summed E-state index contributed by atoms with van der Waals surface area (Å²) < 4.78 is 19.5. The Morgan fingerprint density at radius 2 is 2.21 bits per heavy atom. The average Bonchev–Trinajstić information content (AvgIpc) is 2.26. The first kappa shape index (κ1) is 15.8. The van der Waals surface area contributed by atoms with Crippen LogP contribution >= 0.6 is 15.9 Å². The second-order valence-electron chi connectivity index (χ2n) is 4.58. The second kappa shape index (κ2) is 7.33. The Kier molecular flexibility index (Phi) is 6.08. The van der Waals surface area contributed by atoms with Crippen molar-refractivity contribution in [2.45, 2.75) is 26.3 Å². The predicted octanol–water partition coefficient (Wildman–Crippen LogP) is 3.65. The van der Waals surface area contributed by atoms with Crippen LogP contribution in [0, 0.1) is 11.7 Å². The first-order chi connectivity index (χ1) is 8.88. The van der Waals surface area contributed by atoms with E-state index < -0.39 is 11.9 Å². The highest BCUT2D eigenvalue weighted by Crippen LogP contribution is 2.22. The van der Waals surface area contributed by atoms with E-state index in [1.165, 1.54) is 6.07 Å². The number of amides is 1. The summed E-state index contributed by atoms with van der Waals surface area (Å²) in [7, 11) is 0. The van der Waals surface area contributed by atoms with Crippen molar-refractivity contribution in [1.82, 2.24) is 5.32 Å². The van der Waals surface area contributed by atoms with E-state index in [1.54, 1.807) is 19.1 Å². The highest BCUT2D eigenvalue weighted by molar-refractivity contribution is 9.10. The first-order valence-corrected chi connectivity index (χ1v) is 6.75. The summed E-state index contributed by atoms with van der Waals surface area (Å²) in [6.45, 7) is 4.05. The lowest BCUT2D eigenvalue weighted by Crippen LogP contribution is -2.33. The van der Waals surface area contributed by atoms with Crippen molar-refractivity contribution in [1.29, 1.82) is 0 Å². The van der Waals surface area contributed by atoms with Crippen LogP contribution in [-0.4, -0.2) is 23.8 Å². The SMILES string of the molecule is CC(C[C@H](C)COc1ccc(Br)cc1F)NC(=O)O. The van der Waals surface area contributed by atoms with E-state index in [9.17, 15) is 9.18 Å². The average molecular weight is 334 g/mol. The van der Waals surface area contributed by atoms with Crippen molar-refractivity contribution in [3.8, 4) is 5.75 Å². The number of carbonyl (C=O) groups is 1. The number of ether oxygens (including phenoxy) is 1. The minimum Gasteiger partial charge on any atom is -0.490 e. The number of rotatable bonds is 6. The summed E-state index contributed by atoms with van der Waals surface area (Å²) in [5, 5.41) is 10.9. The molecular formula is C13H17BrFNO3. The van der Waals surface area contributed by atoms with Crippen LogP contribution in [-0.2, 0) is 0 Å². The normalized spacial score (nSPS) is 13.7. The van der Waals surface area contributed by atoms with Gasteiger partial charge in [-0.05, 0) is 37.5 Å². The van der Waals surface area contributed by atoms with Crippen LogP contribution in [0.1, 0.15) is 20.3 Å². The highest BCUT2D eigenvalue weighted by Gasteiger charge is 2.12. The van der Waals surface area contributed by atoms with Crippen molar-refractivity contribution in [2.24, 2.45) is 5.92 Å². The lowest BCUT2D eigenvalue weighted by atomic mass is 10.0. The summed E-state index contributed by atoms with van der Waals surface area (Å²) in [5.74, 6) is -0.0999. The second-order valence-corrected chi connectivity index (χ2v) is 5.49. The van der Waals surface area contributed by atoms with E-state index in [-0.39, 0.29) is 17.7 Å². The summed E-state index contributed by atoms with van der Waals surface area (Å²) in [6.07, 6.45) is -0.413. The van der Waals surface area contributed by atoms with Crippen LogP contribution in [0.3, 0.4) is 0 Å². The third-order valence-corrected chi connectivity index (χ3v) is 3.04. The van der Waals surface area contributed by atoms with Crippen LogP contribution in [0.5, 0.6) is 5.75 Å². The molecule has 0 aromatic heterocycles. The maximum atomic E-state index is 13.5. The number of carboxylic acid groups (broad SMARTS) is 1. The van der Waals surface area contributed by atoms with Gasteiger partial charge < -0.3 is 15.2 Å². The number of halogens is 2. The van der Waals surface area contributed by atoms with E-state index in [2.05, 4.69) is 21.2 Å². The topological polar surface area (TPSA) is 58.6 Å². The molecule has 1 amide bonds. The Morgan fingerprint density at radius 1 is 1.53 bits per heavy atom. The van der Waals surface area contributed by atoms with Gasteiger partial charge >= 0.3 is 6.09 Å². The molecule has 1 aromatic rings. The lowest BCUT2D eigenvalue weighted by Gasteiger charge is -2.18. The number of nitrogens with one attached hydrogen (secondary N) is 1. The van der Waals surface area contributed by atoms with Gasteiger partial charge in [0.15, 0.2) is 11.6 Å². The smallest absolute Gasteiger partial charge is 0.404 e. The molecule has 0 aliphatic carbocycles. The van der Waals surface area contributed by atoms with Crippen LogP contribution in [0.25, 0.3) is 0 Å². The van der Waals surface area contributed by atoms with E-state index in [0.29, 0.717) is 17.5 Å². The minimum atomic E-state index is -1.04. The van der Waals surface area contributed by atoms with Gasteiger partial charge in [0.1, 0.15) is 0 Å². The Labute approximate surface area is 120 Å². The van der Waals surface area contributed by atoms with Gasteiger partial charge in [0, 0.05) is 10.5 Å². The fraction of sp³-hybridized carbons (Fsp3) is 0.462. The molecule has 1 unspecified atom stereocenters. The summed E-state index contributed by atoms with van der Waals surface area (Å²) in [5.41, 5.74) is 0. The Bertz CT molecular complexity index is 442. The summed E-state index contributed by atoms with van der Waals surface area (Å²) in [4.78, 5) is 10.5. The van der Waals surface area contributed by atoms with Gasteiger partial charge in [0.05, 0.1) is 6.61 Å². The monoisotopic (exact) mass is 333 g/mol. The van der Waals surface area contributed by atoms with Gasteiger partial charge in [-0.25, -0.2) is 9.18 Å². The standard InChI is InChI=1S/C13H17BrFNO3/c1-8(5-9(2)16-13(17)18)7-19-12-4-3-10(14)6-11(12)15/h3-4,6,8-9,16H,5,7H2,1-2H3,(H,17,18)/t8-,9?/m0/s1. The molecule has 2 atom stereocenters. The molecule has 1 aromatic carbocycles. The molecule has 6 heteroatoms. The van der Waals surface area contributed by atoms with Crippen molar-refractivity contribution in [2.75, 3.05) is 6.61 Å².